The van der Waals surface area contributed by atoms with Gasteiger partial charge in [-0.25, -0.2) is 9.48 Å². The molecule has 1 aromatic carbocycles. The molecular weight excluding hydrogens is 258 g/mol. The highest BCUT2D eigenvalue weighted by molar-refractivity contribution is 6.03. The molecule has 2 rings (SSSR count). The maximum atomic E-state index is 11.6. The smallest absolute Gasteiger partial charge is 0.341 e. The molecule has 6 nitrogen and oxygen atoms in total. The van der Waals surface area contributed by atoms with Crippen molar-refractivity contribution in [2.45, 2.75) is 13.8 Å². The van der Waals surface area contributed by atoms with Crippen molar-refractivity contribution < 1.29 is 14.3 Å². The average Bonchev–Trinajstić information content (AvgIpc) is 2.81. The minimum Gasteiger partial charge on any atom is -0.465 e. The Bertz CT molecular complexity index is 669. The number of carbonyl (C=O) groups excluding carboxylic acids is 2. The number of nitrogens with two attached hydrogens (primary N) is 1. The van der Waals surface area contributed by atoms with Crippen molar-refractivity contribution in [2.75, 3.05) is 7.11 Å². The fraction of sp³-hybridized carbons (Fsp3) is 0.214. The number of hydrogen-bond acceptors (Lipinski definition) is 4. The van der Waals surface area contributed by atoms with E-state index in [1.807, 2.05) is 32.0 Å². The first-order valence-electron chi connectivity index (χ1n) is 5.99. The van der Waals surface area contributed by atoms with E-state index in [4.69, 9.17) is 5.73 Å². The van der Waals surface area contributed by atoms with Crippen LogP contribution in [-0.4, -0.2) is 28.8 Å². The van der Waals surface area contributed by atoms with Crippen LogP contribution in [0.2, 0.25) is 0 Å². The van der Waals surface area contributed by atoms with E-state index in [2.05, 4.69) is 9.84 Å². The Morgan fingerprint density at radius 2 is 1.80 bits per heavy atom. The second-order valence-corrected chi connectivity index (χ2v) is 4.52. The van der Waals surface area contributed by atoms with Crippen LogP contribution in [0.15, 0.2) is 24.4 Å². The van der Waals surface area contributed by atoms with Crippen molar-refractivity contribution in [3.8, 4) is 5.69 Å². The maximum Gasteiger partial charge on any atom is 0.341 e. The standard InChI is InChI=1S/C14H15N3O3/c1-8-4-9(2)6-10(5-8)17-12(13(15)18)11(7-16-17)14(19)20-3/h4-7H,1-3H3,(H2,15,18). The minimum atomic E-state index is -0.734. The van der Waals surface area contributed by atoms with Crippen LogP contribution in [0.1, 0.15) is 32.0 Å². The number of ether oxygens (including phenoxy) is 1. The first-order chi connectivity index (χ1) is 9.43. The van der Waals surface area contributed by atoms with E-state index in [1.165, 1.54) is 18.0 Å². The van der Waals surface area contributed by atoms with Gasteiger partial charge in [0.05, 0.1) is 19.0 Å². The van der Waals surface area contributed by atoms with Crippen molar-refractivity contribution in [1.29, 1.82) is 0 Å². The minimum absolute atomic E-state index is 0.0156. The van der Waals surface area contributed by atoms with Crippen LogP contribution in [0, 0.1) is 13.8 Å². The normalized spacial score (nSPS) is 10.3. The highest BCUT2D eigenvalue weighted by Crippen LogP contribution is 2.18. The molecule has 2 aromatic rings. The van der Waals surface area contributed by atoms with Gasteiger partial charge >= 0.3 is 5.97 Å². The Morgan fingerprint density at radius 1 is 1.20 bits per heavy atom. The number of primary amides is 1. The molecule has 0 saturated carbocycles. The fourth-order valence-electron chi connectivity index (χ4n) is 2.11. The number of nitrogens with zero attached hydrogens (tertiary/aromatic N) is 2. The summed E-state index contributed by atoms with van der Waals surface area (Å²) < 4.78 is 5.98. The molecule has 6 heteroatoms. The van der Waals surface area contributed by atoms with E-state index in [1.54, 1.807) is 0 Å². The van der Waals surface area contributed by atoms with Crippen molar-refractivity contribution in [1.82, 2.24) is 9.78 Å². The molecule has 2 N–H and O–H groups in total. The second kappa shape index (κ2) is 5.16. The molecule has 0 atom stereocenters. The predicted octanol–water partition coefficient (Wildman–Crippen LogP) is 1.37. The van der Waals surface area contributed by atoms with Crippen LogP contribution >= 0.6 is 0 Å². The largest absolute Gasteiger partial charge is 0.465 e. The summed E-state index contributed by atoms with van der Waals surface area (Å²) >= 11 is 0. The second-order valence-electron chi connectivity index (χ2n) is 4.52. The van der Waals surface area contributed by atoms with Gasteiger partial charge in [-0.05, 0) is 37.1 Å². The number of rotatable bonds is 3. The molecule has 0 aliphatic rings. The molecule has 0 radical (unpaired) electrons. The summed E-state index contributed by atoms with van der Waals surface area (Å²) in [5, 5.41) is 4.07. The van der Waals surface area contributed by atoms with E-state index in [0.717, 1.165) is 11.1 Å². The van der Waals surface area contributed by atoms with Crippen molar-refractivity contribution in [3.63, 3.8) is 0 Å². The van der Waals surface area contributed by atoms with Gasteiger partial charge in [0.1, 0.15) is 11.3 Å². The van der Waals surface area contributed by atoms with Crippen molar-refractivity contribution >= 4 is 11.9 Å². The van der Waals surface area contributed by atoms with Crippen LogP contribution in [0.25, 0.3) is 5.69 Å². The monoisotopic (exact) mass is 273 g/mol. The molecule has 20 heavy (non-hydrogen) atoms. The van der Waals surface area contributed by atoms with Gasteiger partial charge in [-0.15, -0.1) is 0 Å². The van der Waals surface area contributed by atoms with E-state index in [-0.39, 0.29) is 11.3 Å². The molecule has 104 valence electrons. The number of methoxy groups -OCH3 is 1. The van der Waals surface area contributed by atoms with Gasteiger partial charge in [0.25, 0.3) is 5.91 Å². The summed E-state index contributed by atoms with van der Waals surface area (Å²) in [6.07, 6.45) is 1.28. The topological polar surface area (TPSA) is 87.2 Å². The molecule has 0 spiro atoms. The number of esters is 1. The van der Waals surface area contributed by atoms with Crippen LogP contribution in [0.4, 0.5) is 0 Å². The summed E-state index contributed by atoms with van der Waals surface area (Å²) in [6, 6.07) is 5.71. The Kier molecular flexibility index (Phi) is 3.56. The van der Waals surface area contributed by atoms with E-state index in [9.17, 15) is 9.59 Å². The number of hydrogen-bond donors (Lipinski definition) is 1. The molecule has 1 amide bonds. The van der Waals surface area contributed by atoms with Gasteiger partial charge in [-0.2, -0.15) is 5.10 Å². The molecule has 0 saturated heterocycles. The molecule has 1 heterocycles. The summed E-state index contributed by atoms with van der Waals surface area (Å²) in [5.41, 5.74) is 8.14. The van der Waals surface area contributed by atoms with Gasteiger partial charge in [0.2, 0.25) is 0 Å². The van der Waals surface area contributed by atoms with Crippen LogP contribution < -0.4 is 5.73 Å². The SMILES string of the molecule is COC(=O)c1cnn(-c2cc(C)cc(C)c2)c1C(N)=O. The lowest BCUT2D eigenvalue weighted by atomic mass is 10.1. The summed E-state index contributed by atoms with van der Waals surface area (Å²) in [6.45, 7) is 3.87. The first-order valence-corrected chi connectivity index (χ1v) is 5.99. The fourth-order valence-corrected chi connectivity index (χ4v) is 2.11. The third-order valence-corrected chi connectivity index (χ3v) is 2.86. The lowest BCUT2D eigenvalue weighted by molar-refractivity contribution is 0.0597. The highest BCUT2D eigenvalue weighted by Gasteiger charge is 2.23. The molecule has 1 aromatic heterocycles. The number of aromatic nitrogens is 2. The lowest BCUT2D eigenvalue weighted by Gasteiger charge is -2.08. The zero-order valence-corrected chi connectivity index (χ0v) is 11.5. The number of carbonyl (C=O) groups is 2. The molecule has 0 aliphatic heterocycles. The number of benzene rings is 1. The molecule has 0 aliphatic carbocycles. The van der Waals surface area contributed by atoms with Crippen LogP contribution in [-0.2, 0) is 4.74 Å². The number of aryl methyl sites for hydroxylation is 2. The summed E-state index contributed by atoms with van der Waals surface area (Å²) in [7, 11) is 1.24. The Morgan fingerprint density at radius 3 is 2.30 bits per heavy atom. The van der Waals surface area contributed by atoms with Gasteiger partial charge in [0, 0.05) is 0 Å². The van der Waals surface area contributed by atoms with Gasteiger partial charge in [0.15, 0.2) is 0 Å². The van der Waals surface area contributed by atoms with Gasteiger partial charge < -0.3 is 10.5 Å². The number of amides is 1. The molecule has 0 unspecified atom stereocenters. The summed E-state index contributed by atoms with van der Waals surface area (Å²) in [5.74, 6) is -1.38. The van der Waals surface area contributed by atoms with E-state index in [0.29, 0.717) is 5.69 Å². The molecule has 0 fully saturated rings. The third-order valence-electron chi connectivity index (χ3n) is 2.86. The Labute approximate surface area is 116 Å². The first kappa shape index (κ1) is 13.8. The van der Waals surface area contributed by atoms with Crippen LogP contribution in [0.5, 0.6) is 0 Å². The van der Waals surface area contributed by atoms with Crippen molar-refractivity contribution in [2.24, 2.45) is 5.73 Å². The quantitative estimate of drug-likeness (QED) is 0.856. The Balaban J connectivity index is 2.65. The van der Waals surface area contributed by atoms with Crippen LogP contribution in [0.3, 0.4) is 0 Å². The zero-order valence-electron chi connectivity index (χ0n) is 11.5. The van der Waals surface area contributed by atoms with E-state index >= 15 is 0 Å². The zero-order chi connectivity index (χ0) is 14.9. The predicted molar refractivity (Wildman–Crippen MR) is 72.9 cm³/mol. The average molecular weight is 273 g/mol. The summed E-state index contributed by atoms with van der Waals surface area (Å²) in [4.78, 5) is 23.3. The van der Waals surface area contributed by atoms with Gasteiger partial charge in [-0.1, -0.05) is 6.07 Å². The van der Waals surface area contributed by atoms with Crippen molar-refractivity contribution in [3.05, 3.63) is 46.8 Å². The molecular formula is C14H15N3O3. The third kappa shape index (κ3) is 2.40. The van der Waals surface area contributed by atoms with E-state index < -0.39 is 11.9 Å². The highest BCUT2D eigenvalue weighted by atomic mass is 16.5. The molecule has 0 bridgehead atoms. The lowest BCUT2D eigenvalue weighted by Crippen LogP contribution is -2.20. The maximum absolute atomic E-state index is 11.6. The van der Waals surface area contributed by atoms with Gasteiger partial charge in [-0.3, -0.25) is 4.79 Å². The Hall–Kier alpha value is -2.63.